The highest BCUT2D eigenvalue weighted by Crippen LogP contribution is 2.32. The van der Waals surface area contributed by atoms with E-state index in [0.717, 1.165) is 13.2 Å². The standard InChI is InChI=1S/C18H14F4N2O4/c1-28-15(25)9-23-16(26)10-3-2-4-12(7-10)24-17(27)11-5-6-14(19)13(8-11)18(20,21)22/h2-8H,9H2,1H3,(H,23,26)(H,24,27). The van der Waals surface area contributed by atoms with E-state index in [4.69, 9.17) is 0 Å². The first-order chi connectivity index (χ1) is 13.1. The van der Waals surface area contributed by atoms with Crippen molar-refractivity contribution in [2.45, 2.75) is 6.18 Å². The van der Waals surface area contributed by atoms with Gasteiger partial charge in [-0.05, 0) is 36.4 Å². The molecule has 2 amide bonds. The van der Waals surface area contributed by atoms with Gasteiger partial charge in [0, 0.05) is 16.8 Å². The average Bonchev–Trinajstić information content (AvgIpc) is 2.65. The van der Waals surface area contributed by atoms with E-state index in [1.807, 2.05) is 0 Å². The number of hydrogen-bond donors (Lipinski definition) is 2. The lowest BCUT2D eigenvalue weighted by molar-refractivity contribution is -0.140. The molecule has 2 rings (SSSR count). The van der Waals surface area contributed by atoms with Gasteiger partial charge in [-0.2, -0.15) is 13.2 Å². The Balaban J connectivity index is 2.15. The molecule has 0 atom stereocenters. The summed E-state index contributed by atoms with van der Waals surface area (Å²) in [5, 5.41) is 4.63. The van der Waals surface area contributed by atoms with Gasteiger partial charge in [0.1, 0.15) is 12.4 Å². The van der Waals surface area contributed by atoms with Crippen LogP contribution in [0.15, 0.2) is 42.5 Å². The molecule has 0 bridgehead atoms. The fourth-order valence-corrected chi connectivity index (χ4v) is 2.15. The van der Waals surface area contributed by atoms with E-state index >= 15 is 0 Å². The van der Waals surface area contributed by atoms with Crippen LogP contribution in [0.3, 0.4) is 0 Å². The predicted molar refractivity (Wildman–Crippen MR) is 90.1 cm³/mol. The maximum atomic E-state index is 13.3. The first-order valence-corrected chi connectivity index (χ1v) is 7.75. The molecule has 0 radical (unpaired) electrons. The summed E-state index contributed by atoms with van der Waals surface area (Å²) in [6, 6.07) is 7.36. The molecule has 2 N–H and O–H groups in total. The molecule has 0 aliphatic heterocycles. The maximum Gasteiger partial charge on any atom is 0.419 e. The number of methoxy groups -OCH3 is 1. The summed E-state index contributed by atoms with van der Waals surface area (Å²) >= 11 is 0. The van der Waals surface area contributed by atoms with Crippen LogP contribution in [0.2, 0.25) is 0 Å². The highest BCUT2D eigenvalue weighted by molar-refractivity contribution is 6.05. The van der Waals surface area contributed by atoms with Crippen molar-refractivity contribution < 1.29 is 36.7 Å². The Morgan fingerprint density at radius 1 is 1.00 bits per heavy atom. The Bertz CT molecular complexity index is 913. The molecule has 0 fully saturated rings. The molecule has 148 valence electrons. The highest BCUT2D eigenvalue weighted by atomic mass is 19.4. The van der Waals surface area contributed by atoms with Crippen LogP contribution >= 0.6 is 0 Å². The molecular weight excluding hydrogens is 384 g/mol. The fourth-order valence-electron chi connectivity index (χ4n) is 2.15. The molecule has 2 aromatic rings. The minimum Gasteiger partial charge on any atom is -0.468 e. The van der Waals surface area contributed by atoms with Crippen molar-refractivity contribution in [2.24, 2.45) is 0 Å². The number of esters is 1. The second-order valence-electron chi connectivity index (χ2n) is 5.49. The molecular formula is C18H14F4N2O4. The summed E-state index contributed by atoms with van der Waals surface area (Å²) in [5.41, 5.74) is -1.75. The highest BCUT2D eigenvalue weighted by Gasteiger charge is 2.34. The number of amides is 2. The maximum absolute atomic E-state index is 13.3. The number of anilines is 1. The van der Waals surface area contributed by atoms with Crippen LogP contribution in [-0.4, -0.2) is 31.4 Å². The number of carbonyl (C=O) groups excluding carboxylic acids is 3. The van der Waals surface area contributed by atoms with E-state index in [9.17, 15) is 31.9 Å². The van der Waals surface area contributed by atoms with Crippen molar-refractivity contribution in [1.82, 2.24) is 5.32 Å². The molecule has 0 aromatic heterocycles. The van der Waals surface area contributed by atoms with Crippen molar-refractivity contribution in [3.8, 4) is 0 Å². The summed E-state index contributed by atoms with van der Waals surface area (Å²) in [5.74, 6) is -3.69. The smallest absolute Gasteiger partial charge is 0.419 e. The average molecular weight is 398 g/mol. The number of halogens is 4. The van der Waals surface area contributed by atoms with Crippen LogP contribution in [0.4, 0.5) is 23.2 Å². The Morgan fingerprint density at radius 2 is 1.68 bits per heavy atom. The zero-order valence-electron chi connectivity index (χ0n) is 14.4. The number of nitrogens with one attached hydrogen (secondary N) is 2. The molecule has 10 heteroatoms. The SMILES string of the molecule is COC(=O)CNC(=O)c1cccc(NC(=O)c2ccc(F)c(C(F)(F)F)c2)c1. The second-order valence-corrected chi connectivity index (χ2v) is 5.49. The lowest BCUT2D eigenvalue weighted by Gasteiger charge is -2.11. The van der Waals surface area contributed by atoms with Gasteiger partial charge in [0.2, 0.25) is 0 Å². The van der Waals surface area contributed by atoms with Gasteiger partial charge < -0.3 is 15.4 Å². The number of rotatable bonds is 5. The third-order valence-electron chi connectivity index (χ3n) is 3.54. The summed E-state index contributed by atoms with van der Waals surface area (Å²) < 4.78 is 56.0. The van der Waals surface area contributed by atoms with Crippen molar-refractivity contribution in [3.05, 3.63) is 65.0 Å². The van der Waals surface area contributed by atoms with Crippen LogP contribution in [-0.2, 0) is 15.7 Å². The first-order valence-electron chi connectivity index (χ1n) is 7.75. The summed E-state index contributed by atoms with van der Waals surface area (Å²) in [4.78, 5) is 35.2. The van der Waals surface area contributed by atoms with Crippen molar-refractivity contribution in [2.75, 3.05) is 19.0 Å². The molecule has 6 nitrogen and oxygen atoms in total. The molecule has 0 heterocycles. The number of carbonyl (C=O) groups is 3. The molecule has 0 aliphatic rings. The molecule has 2 aromatic carbocycles. The van der Waals surface area contributed by atoms with Gasteiger partial charge in [0.15, 0.2) is 0 Å². The van der Waals surface area contributed by atoms with Gasteiger partial charge in [0.25, 0.3) is 11.8 Å². The summed E-state index contributed by atoms with van der Waals surface area (Å²) in [7, 11) is 1.16. The fraction of sp³-hybridized carbons (Fsp3) is 0.167. The van der Waals surface area contributed by atoms with Gasteiger partial charge >= 0.3 is 12.1 Å². The largest absolute Gasteiger partial charge is 0.468 e. The lowest BCUT2D eigenvalue weighted by atomic mass is 10.1. The van der Waals surface area contributed by atoms with Gasteiger partial charge in [-0.25, -0.2) is 4.39 Å². The van der Waals surface area contributed by atoms with Crippen LogP contribution in [0.1, 0.15) is 26.3 Å². The van der Waals surface area contributed by atoms with E-state index in [-0.39, 0.29) is 17.8 Å². The molecule has 0 saturated carbocycles. The predicted octanol–water partition coefficient (Wildman–Crippen LogP) is 3.00. The zero-order chi connectivity index (χ0) is 20.9. The van der Waals surface area contributed by atoms with E-state index in [1.165, 1.54) is 24.3 Å². The van der Waals surface area contributed by atoms with Crippen molar-refractivity contribution in [3.63, 3.8) is 0 Å². The number of ether oxygens (including phenoxy) is 1. The van der Waals surface area contributed by atoms with Gasteiger partial charge in [-0.3, -0.25) is 14.4 Å². The Kier molecular flexibility index (Phi) is 6.34. The van der Waals surface area contributed by atoms with E-state index in [2.05, 4.69) is 15.4 Å². The molecule has 0 saturated heterocycles. The monoisotopic (exact) mass is 398 g/mol. The van der Waals surface area contributed by atoms with E-state index < -0.39 is 40.9 Å². The third-order valence-corrected chi connectivity index (χ3v) is 3.54. The van der Waals surface area contributed by atoms with Crippen LogP contribution < -0.4 is 10.6 Å². The van der Waals surface area contributed by atoms with Gasteiger partial charge in [-0.15, -0.1) is 0 Å². The summed E-state index contributed by atoms with van der Waals surface area (Å²) in [6.45, 7) is -0.359. The Hall–Kier alpha value is -3.43. The summed E-state index contributed by atoms with van der Waals surface area (Å²) in [6.07, 6.45) is -4.95. The number of hydrogen-bond acceptors (Lipinski definition) is 4. The Labute approximate surface area is 156 Å². The lowest BCUT2D eigenvalue weighted by Crippen LogP contribution is -2.30. The molecule has 0 unspecified atom stereocenters. The van der Waals surface area contributed by atoms with E-state index in [1.54, 1.807) is 0 Å². The minimum absolute atomic E-state index is 0.0942. The zero-order valence-corrected chi connectivity index (χ0v) is 14.4. The van der Waals surface area contributed by atoms with Crippen molar-refractivity contribution in [1.29, 1.82) is 0 Å². The van der Waals surface area contributed by atoms with Crippen LogP contribution in [0.25, 0.3) is 0 Å². The topological polar surface area (TPSA) is 84.5 Å². The first kappa shape index (κ1) is 20.9. The number of alkyl halides is 3. The van der Waals surface area contributed by atoms with E-state index in [0.29, 0.717) is 12.1 Å². The van der Waals surface area contributed by atoms with Gasteiger partial charge in [-0.1, -0.05) is 6.07 Å². The second kappa shape index (κ2) is 8.51. The minimum atomic E-state index is -4.95. The number of benzene rings is 2. The Morgan fingerprint density at radius 3 is 2.32 bits per heavy atom. The van der Waals surface area contributed by atoms with Crippen molar-refractivity contribution >= 4 is 23.5 Å². The molecule has 28 heavy (non-hydrogen) atoms. The molecule has 0 spiro atoms. The van der Waals surface area contributed by atoms with Gasteiger partial charge in [0.05, 0.1) is 12.7 Å². The third kappa shape index (κ3) is 5.29. The van der Waals surface area contributed by atoms with Crippen LogP contribution in [0.5, 0.6) is 0 Å². The normalized spacial score (nSPS) is 10.9. The quantitative estimate of drug-likeness (QED) is 0.599. The molecule has 0 aliphatic carbocycles. The van der Waals surface area contributed by atoms with Crippen LogP contribution in [0, 0.1) is 5.82 Å².